The summed E-state index contributed by atoms with van der Waals surface area (Å²) in [5, 5.41) is 3.60. The van der Waals surface area contributed by atoms with E-state index >= 15 is 0 Å². The second-order valence-corrected chi connectivity index (χ2v) is 5.78. The summed E-state index contributed by atoms with van der Waals surface area (Å²) in [6, 6.07) is 0. The van der Waals surface area contributed by atoms with Gasteiger partial charge in [-0.25, -0.2) is 0 Å². The maximum absolute atomic E-state index is 3.60. The van der Waals surface area contributed by atoms with E-state index in [0.717, 1.165) is 17.8 Å². The van der Waals surface area contributed by atoms with Crippen LogP contribution in [0.3, 0.4) is 0 Å². The Labute approximate surface area is 96.0 Å². The molecule has 0 radical (unpaired) electrons. The Morgan fingerprint density at radius 2 is 1.53 bits per heavy atom. The zero-order chi connectivity index (χ0) is 11.1. The smallest absolute Gasteiger partial charge is 0.00204 e. The van der Waals surface area contributed by atoms with E-state index in [1.54, 1.807) is 0 Å². The summed E-state index contributed by atoms with van der Waals surface area (Å²) in [6.07, 6.45) is 8.85. The van der Waals surface area contributed by atoms with Crippen LogP contribution in [0.25, 0.3) is 0 Å². The first kappa shape index (κ1) is 13.0. The predicted octanol–water partition coefficient (Wildman–Crippen LogP) is 3.84. The lowest BCUT2D eigenvalue weighted by molar-refractivity contribution is 0.304. The van der Waals surface area contributed by atoms with Crippen LogP contribution < -0.4 is 5.32 Å². The van der Waals surface area contributed by atoms with Gasteiger partial charge in [-0.1, -0.05) is 59.3 Å². The third kappa shape index (κ3) is 5.55. The van der Waals surface area contributed by atoms with Gasteiger partial charge in [0, 0.05) is 0 Å². The van der Waals surface area contributed by atoms with Crippen molar-refractivity contribution in [3.63, 3.8) is 0 Å². The molecular formula is C14H29N. The van der Waals surface area contributed by atoms with Gasteiger partial charge in [0.05, 0.1) is 0 Å². The summed E-state index contributed by atoms with van der Waals surface area (Å²) in [6.45, 7) is 9.40. The fourth-order valence-corrected chi connectivity index (χ4v) is 2.65. The van der Waals surface area contributed by atoms with Crippen LogP contribution in [0.2, 0.25) is 0 Å². The van der Waals surface area contributed by atoms with Gasteiger partial charge in [-0.15, -0.1) is 0 Å². The Kier molecular flexibility index (Phi) is 6.31. The zero-order valence-electron chi connectivity index (χ0n) is 10.9. The summed E-state index contributed by atoms with van der Waals surface area (Å²) in [5.41, 5.74) is 0. The fraction of sp³-hybridized carbons (Fsp3) is 1.00. The van der Waals surface area contributed by atoms with Gasteiger partial charge in [-0.2, -0.15) is 0 Å². The van der Waals surface area contributed by atoms with Crippen LogP contribution in [0.4, 0.5) is 0 Å². The van der Waals surface area contributed by atoms with E-state index in [1.807, 2.05) is 0 Å². The van der Waals surface area contributed by atoms with E-state index in [2.05, 4.69) is 26.1 Å². The molecule has 0 aromatic carbocycles. The van der Waals surface area contributed by atoms with Gasteiger partial charge < -0.3 is 5.32 Å². The lowest BCUT2D eigenvalue weighted by Gasteiger charge is -2.23. The maximum Gasteiger partial charge on any atom is -0.00204 e. The number of hydrogen-bond acceptors (Lipinski definition) is 1. The van der Waals surface area contributed by atoms with Gasteiger partial charge in [0.15, 0.2) is 0 Å². The van der Waals surface area contributed by atoms with Crippen molar-refractivity contribution >= 4 is 0 Å². The van der Waals surface area contributed by atoms with Gasteiger partial charge in [-0.3, -0.25) is 0 Å². The highest BCUT2D eigenvalue weighted by Crippen LogP contribution is 2.28. The van der Waals surface area contributed by atoms with Gasteiger partial charge in [0.2, 0.25) is 0 Å². The van der Waals surface area contributed by atoms with Gasteiger partial charge in [-0.05, 0) is 30.8 Å². The molecule has 1 fully saturated rings. The Morgan fingerprint density at radius 3 is 2.07 bits per heavy atom. The number of hydrogen-bond donors (Lipinski definition) is 1. The molecule has 0 aromatic rings. The van der Waals surface area contributed by atoms with Crippen molar-refractivity contribution in [1.29, 1.82) is 0 Å². The Hall–Kier alpha value is -0.0400. The topological polar surface area (TPSA) is 12.0 Å². The molecule has 1 heteroatoms. The molecule has 0 heterocycles. The highest BCUT2D eigenvalue weighted by atomic mass is 14.9. The van der Waals surface area contributed by atoms with Gasteiger partial charge in [0.1, 0.15) is 0 Å². The van der Waals surface area contributed by atoms with Crippen LogP contribution >= 0.6 is 0 Å². The minimum absolute atomic E-state index is 0.784. The van der Waals surface area contributed by atoms with Crippen LogP contribution in [-0.4, -0.2) is 13.1 Å². The molecule has 1 aliphatic rings. The molecule has 90 valence electrons. The molecule has 1 nitrogen and oxygen atoms in total. The van der Waals surface area contributed by atoms with Crippen molar-refractivity contribution in [2.24, 2.45) is 17.8 Å². The molecule has 0 amide bonds. The summed E-state index contributed by atoms with van der Waals surface area (Å²) in [4.78, 5) is 0. The number of nitrogens with one attached hydrogen (secondary N) is 1. The molecule has 15 heavy (non-hydrogen) atoms. The van der Waals surface area contributed by atoms with Gasteiger partial charge >= 0.3 is 0 Å². The van der Waals surface area contributed by atoms with Crippen LogP contribution in [0.5, 0.6) is 0 Å². The zero-order valence-corrected chi connectivity index (χ0v) is 10.9. The van der Waals surface area contributed by atoms with E-state index in [4.69, 9.17) is 0 Å². The quantitative estimate of drug-likeness (QED) is 0.681. The minimum atomic E-state index is 0.784. The standard InChI is InChI=1S/C14H29N/c1-12(2)10-15-11-13(3)14-8-6-4-5-7-9-14/h12-15H,4-11H2,1-3H3. The van der Waals surface area contributed by atoms with Crippen LogP contribution in [0, 0.1) is 17.8 Å². The summed E-state index contributed by atoms with van der Waals surface area (Å²) in [7, 11) is 0. The second-order valence-electron chi connectivity index (χ2n) is 5.78. The predicted molar refractivity (Wildman–Crippen MR) is 68.1 cm³/mol. The highest BCUT2D eigenvalue weighted by molar-refractivity contribution is 4.72. The normalized spacial score (nSPS) is 21.6. The van der Waals surface area contributed by atoms with Crippen molar-refractivity contribution in [2.75, 3.05) is 13.1 Å². The molecule has 0 saturated heterocycles. The summed E-state index contributed by atoms with van der Waals surface area (Å²) < 4.78 is 0. The van der Waals surface area contributed by atoms with Crippen molar-refractivity contribution in [2.45, 2.75) is 59.3 Å². The first-order chi connectivity index (χ1) is 7.20. The molecule has 0 aliphatic heterocycles. The molecule has 1 N–H and O–H groups in total. The highest BCUT2D eigenvalue weighted by Gasteiger charge is 2.18. The third-order valence-corrected chi connectivity index (χ3v) is 3.72. The van der Waals surface area contributed by atoms with E-state index in [-0.39, 0.29) is 0 Å². The Morgan fingerprint density at radius 1 is 0.933 bits per heavy atom. The van der Waals surface area contributed by atoms with E-state index in [1.165, 1.54) is 51.6 Å². The van der Waals surface area contributed by atoms with Crippen molar-refractivity contribution in [3.05, 3.63) is 0 Å². The van der Waals surface area contributed by atoms with Crippen LogP contribution in [-0.2, 0) is 0 Å². The monoisotopic (exact) mass is 211 g/mol. The molecule has 1 rings (SSSR count). The number of rotatable bonds is 5. The Balaban J connectivity index is 2.16. The third-order valence-electron chi connectivity index (χ3n) is 3.72. The van der Waals surface area contributed by atoms with Crippen molar-refractivity contribution < 1.29 is 0 Å². The molecular weight excluding hydrogens is 182 g/mol. The van der Waals surface area contributed by atoms with E-state index < -0.39 is 0 Å². The van der Waals surface area contributed by atoms with Crippen LogP contribution in [0.15, 0.2) is 0 Å². The van der Waals surface area contributed by atoms with Gasteiger partial charge in [0.25, 0.3) is 0 Å². The molecule has 1 saturated carbocycles. The SMILES string of the molecule is CC(C)CNCC(C)C1CCCCCC1. The molecule has 0 spiro atoms. The minimum Gasteiger partial charge on any atom is -0.316 e. The average molecular weight is 211 g/mol. The molecule has 0 aromatic heterocycles. The molecule has 0 bridgehead atoms. The lowest BCUT2D eigenvalue weighted by Crippen LogP contribution is -2.28. The molecule has 1 unspecified atom stereocenters. The maximum atomic E-state index is 3.60. The van der Waals surface area contributed by atoms with Crippen molar-refractivity contribution in [1.82, 2.24) is 5.32 Å². The Bertz CT molecular complexity index is 145. The van der Waals surface area contributed by atoms with E-state index in [9.17, 15) is 0 Å². The van der Waals surface area contributed by atoms with Crippen LogP contribution in [0.1, 0.15) is 59.3 Å². The molecule has 1 atom stereocenters. The van der Waals surface area contributed by atoms with E-state index in [0.29, 0.717) is 0 Å². The first-order valence-corrected chi connectivity index (χ1v) is 6.91. The first-order valence-electron chi connectivity index (χ1n) is 6.91. The summed E-state index contributed by atoms with van der Waals surface area (Å²) >= 11 is 0. The fourth-order valence-electron chi connectivity index (χ4n) is 2.65. The second kappa shape index (κ2) is 7.27. The average Bonchev–Trinajstić information content (AvgIpc) is 2.44. The largest absolute Gasteiger partial charge is 0.316 e. The van der Waals surface area contributed by atoms with Crippen molar-refractivity contribution in [3.8, 4) is 0 Å². The summed E-state index contributed by atoms with van der Waals surface area (Å²) in [5.74, 6) is 2.65. The lowest BCUT2D eigenvalue weighted by atomic mass is 9.87. The molecule has 1 aliphatic carbocycles.